The fourth-order valence-corrected chi connectivity index (χ4v) is 0.674. The number of carbonyl (C=O) groups excluding carboxylic acids is 1. The van der Waals surface area contributed by atoms with Gasteiger partial charge in [-0.05, 0) is 19.8 Å². The molecule has 0 aromatic carbocycles. The number of hydrogen-bond acceptors (Lipinski definition) is 2. The Morgan fingerprint density at radius 2 is 2.18 bits per heavy atom. The van der Waals surface area contributed by atoms with Gasteiger partial charge < -0.3 is 4.74 Å². The van der Waals surface area contributed by atoms with Crippen LogP contribution in [0.2, 0.25) is 0 Å². The van der Waals surface area contributed by atoms with Gasteiger partial charge in [-0.15, -0.1) is 11.6 Å². The Morgan fingerprint density at radius 3 is 2.64 bits per heavy atom. The van der Waals surface area contributed by atoms with Crippen LogP contribution < -0.4 is 0 Å². The van der Waals surface area contributed by atoms with E-state index in [0.717, 1.165) is 12.8 Å². The SMILES string of the molecule is C=C(C)C(=O)OCCCCCl. The molecular weight excluding hydrogens is 164 g/mol. The van der Waals surface area contributed by atoms with Crippen molar-refractivity contribution in [1.82, 2.24) is 0 Å². The third kappa shape index (κ3) is 5.92. The average molecular weight is 177 g/mol. The number of halogens is 1. The Balaban J connectivity index is 3.25. The normalized spacial score (nSPS) is 9.27. The highest BCUT2D eigenvalue weighted by Gasteiger charge is 2.00. The zero-order valence-electron chi connectivity index (χ0n) is 6.73. The molecule has 0 amide bonds. The van der Waals surface area contributed by atoms with E-state index in [-0.39, 0.29) is 5.97 Å². The van der Waals surface area contributed by atoms with Crippen molar-refractivity contribution in [3.63, 3.8) is 0 Å². The lowest BCUT2D eigenvalue weighted by atomic mass is 10.3. The smallest absolute Gasteiger partial charge is 0.333 e. The van der Waals surface area contributed by atoms with Gasteiger partial charge in [-0.3, -0.25) is 0 Å². The Labute approximate surface area is 72.2 Å². The molecule has 3 heteroatoms. The van der Waals surface area contributed by atoms with E-state index in [1.54, 1.807) is 6.92 Å². The summed E-state index contributed by atoms with van der Waals surface area (Å²) in [5, 5.41) is 0. The standard InChI is InChI=1S/C8H13ClO2/c1-7(2)8(10)11-6-4-3-5-9/h1,3-6H2,2H3. The lowest BCUT2D eigenvalue weighted by molar-refractivity contribution is -0.139. The van der Waals surface area contributed by atoms with Gasteiger partial charge in [-0.1, -0.05) is 6.58 Å². The van der Waals surface area contributed by atoms with Crippen molar-refractivity contribution in [3.05, 3.63) is 12.2 Å². The van der Waals surface area contributed by atoms with Crippen LogP contribution in [0.5, 0.6) is 0 Å². The summed E-state index contributed by atoms with van der Waals surface area (Å²) in [6, 6.07) is 0. The topological polar surface area (TPSA) is 26.3 Å². The van der Waals surface area contributed by atoms with E-state index in [0.29, 0.717) is 18.1 Å². The van der Waals surface area contributed by atoms with Crippen LogP contribution in [0.4, 0.5) is 0 Å². The maximum Gasteiger partial charge on any atom is 0.333 e. The third-order valence-electron chi connectivity index (χ3n) is 1.11. The second kappa shape index (κ2) is 6.23. The van der Waals surface area contributed by atoms with Crippen LogP contribution in [-0.2, 0) is 9.53 Å². The van der Waals surface area contributed by atoms with E-state index in [9.17, 15) is 4.79 Å². The van der Waals surface area contributed by atoms with Gasteiger partial charge in [0.25, 0.3) is 0 Å². The highest BCUT2D eigenvalue weighted by Crippen LogP contribution is 1.96. The minimum Gasteiger partial charge on any atom is -0.462 e. The minimum atomic E-state index is -0.320. The molecule has 0 saturated carbocycles. The maximum absolute atomic E-state index is 10.8. The molecule has 0 fully saturated rings. The van der Waals surface area contributed by atoms with Gasteiger partial charge in [0.15, 0.2) is 0 Å². The van der Waals surface area contributed by atoms with Gasteiger partial charge in [0.2, 0.25) is 0 Å². The molecule has 0 radical (unpaired) electrons. The Kier molecular flexibility index (Phi) is 5.94. The first-order chi connectivity index (χ1) is 5.18. The van der Waals surface area contributed by atoms with Crippen molar-refractivity contribution >= 4 is 17.6 Å². The molecule has 0 N–H and O–H groups in total. The first-order valence-corrected chi connectivity index (χ1v) is 4.10. The molecule has 0 bridgehead atoms. The predicted molar refractivity (Wildman–Crippen MR) is 45.7 cm³/mol. The summed E-state index contributed by atoms with van der Waals surface area (Å²) in [6.45, 7) is 5.53. The van der Waals surface area contributed by atoms with Crippen LogP contribution in [0.3, 0.4) is 0 Å². The highest BCUT2D eigenvalue weighted by molar-refractivity contribution is 6.17. The number of alkyl halides is 1. The van der Waals surface area contributed by atoms with E-state index in [1.165, 1.54) is 0 Å². The molecule has 11 heavy (non-hydrogen) atoms. The van der Waals surface area contributed by atoms with Crippen molar-refractivity contribution < 1.29 is 9.53 Å². The van der Waals surface area contributed by atoms with Gasteiger partial charge in [-0.2, -0.15) is 0 Å². The summed E-state index contributed by atoms with van der Waals surface area (Å²) >= 11 is 5.42. The molecule has 0 unspecified atom stereocenters. The summed E-state index contributed by atoms with van der Waals surface area (Å²) in [4.78, 5) is 10.8. The summed E-state index contributed by atoms with van der Waals surface area (Å²) in [7, 11) is 0. The molecule has 0 aromatic heterocycles. The number of esters is 1. The second-order valence-electron chi connectivity index (χ2n) is 2.31. The fourth-order valence-electron chi connectivity index (χ4n) is 0.485. The molecule has 0 aromatic rings. The lowest BCUT2D eigenvalue weighted by Gasteiger charge is -2.01. The van der Waals surface area contributed by atoms with Crippen molar-refractivity contribution in [1.29, 1.82) is 0 Å². The summed E-state index contributed by atoms with van der Waals surface area (Å²) in [5.74, 6) is 0.296. The molecule has 0 atom stereocenters. The lowest BCUT2D eigenvalue weighted by Crippen LogP contribution is -2.06. The Morgan fingerprint density at radius 1 is 1.55 bits per heavy atom. The van der Waals surface area contributed by atoms with E-state index in [4.69, 9.17) is 16.3 Å². The molecule has 64 valence electrons. The first-order valence-electron chi connectivity index (χ1n) is 3.57. The predicted octanol–water partition coefficient (Wildman–Crippen LogP) is 2.12. The average Bonchev–Trinajstić information content (AvgIpc) is 1.97. The van der Waals surface area contributed by atoms with Crippen molar-refractivity contribution in [2.24, 2.45) is 0 Å². The van der Waals surface area contributed by atoms with Crippen LogP contribution in [0.15, 0.2) is 12.2 Å². The molecule has 0 aliphatic carbocycles. The van der Waals surface area contributed by atoms with E-state index in [1.807, 2.05) is 0 Å². The Bertz CT molecular complexity index is 143. The van der Waals surface area contributed by atoms with E-state index < -0.39 is 0 Å². The van der Waals surface area contributed by atoms with Gasteiger partial charge in [0, 0.05) is 11.5 Å². The third-order valence-corrected chi connectivity index (χ3v) is 1.38. The van der Waals surface area contributed by atoms with Gasteiger partial charge in [0.1, 0.15) is 0 Å². The molecule has 0 heterocycles. The van der Waals surface area contributed by atoms with Crippen LogP contribution in [0.25, 0.3) is 0 Å². The highest BCUT2D eigenvalue weighted by atomic mass is 35.5. The van der Waals surface area contributed by atoms with E-state index >= 15 is 0 Å². The van der Waals surface area contributed by atoms with Crippen molar-refractivity contribution in [3.8, 4) is 0 Å². The molecule has 0 aliphatic rings. The quantitative estimate of drug-likeness (QED) is 0.278. The number of carbonyl (C=O) groups is 1. The zero-order valence-corrected chi connectivity index (χ0v) is 7.49. The fraction of sp³-hybridized carbons (Fsp3) is 0.625. The van der Waals surface area contributed by atoms with Crippen LogP contribution >= 0.6 is 11.6 Å². The van der Waals surface area contributed by atoms with E-state index in [2.05, 4.69) is 6.58 Å². The molecule has 0 spiro atoms. The number of ether oxygens (including phenoxy) is 1. The molecule has 0 rings (SSSR count). The molecule has 0 aliphatic heterocycles. The monoisotopic (exact) mass is 176 g/mol. The first kappa shape index (κ1) is 10.5. The summed E-state index contributed by atoms with van der Waals surface area (Å²) < 4.78 is 4.81. The summed E-state index contributed by atoms with van der Waals surface area (Å²) in [6.07, 6.45) is 1.70. The largest absolute Gasteiger partial charge is 0.462 e. The van der Waals surface area contributed by atoms with Crippen LogP contribution in [0, 0.1) is 0 Å². The maximum atomic E-state index is 10.8. The number of hydrogen-bond donors (Lipinski definition) is 0. The van der Waals surface area contributed by atoms with Crippen LogP contribution in [-0.4, -0.2) is 18.5 Å². The second-order valence-corrected chi connectivity index (χ2v) is 2.69. The number of rotatable bonds is 5. The molecule has 2 nitrogen and oxygen atoms in total. The van der Waals surface area contributed by atoms with Crippen LogP contribution in [0.1, 0.15) is 19.8 Å². The molecule has 0 saturated heterocycles. The van der Waals surface area contributed by atoms with Gasteiger partial charge in [0.05, 0.1) is 6.61 Å². The Hall–Kier alpha value is -0.500. The van der Waals surface area contributed by atoms with Gasteiger partial charge in [-0.25, -0.2) is 4.79 Å². The van der Waals surface area contributed by atoms with Gasteiger partial charge >= 0.3 is 5.97 Å². The summed E-state index contributed by atoms with van der Waals surface area (Å²) in [5.41, 5.74) is 0.441. The zero-order chi connectivity index (χ0) is 8.69. The van der Waals surface area contributed by atoms with Crippen molar-refractivity contribution in [2.75, 3.05) is 12.5 Å². The minimum absolute atomic E-state index is 0.320. The number of unbranched alkanes of at least 4 members (excludes halogenated alkanes) is 1. The molecular formula is C8H13ClO2. The van der Waals surface area contributed by atoms with Crippen molar-refractivity contribution in [2.45, 2.75) is 19.8 Å².